The van der Waals surface area contributed by atoms with Crippen LogP contribution >= 0.6 is 22.6 Å². The number of urea groups is 1. The fourth-order valence-electron chi connectivity index (χ4n) is 3.97. The van der Waals surface area contributed by atoms with Crippen molar-refractivity contribution in [2.75, 3.05) is 33.4 Å². The summed E-state index contributed by atoms with van der Waals surface area (Å²) in [6, 6.07) is 10.8. The molecule has 5 nitrogen and oxygen atoms in total. The lowest BCUT2D eigenvalue weighted by Crippen LogP contribution is -2.52. The summed E-state index contributed by atoms with van der Waals surface area (Å²) in [5.74, 6) is 0. The van der Waals surface area contributed by atoms with Crippen LogP contribution in [-0.2, 0) is 8.28 Å². The van der Waals surface area contributed by atoms with Crippen molar-refractivity contribution in [3.05, 3.63) is 35.9 Å². The van der Waals surface area contributed by atoms with E-state index in [9.17, 15) is 4.79 Å². The predicted octanol–water partition coefficient (Wildman–Crippen LogP) is 3.19. The number of nitrogens with one attached hydrogen (secondary N) is 1. The Kier molecular flexibility index (Phi) is 5.60. The number of amides is 2. The van der Waals surface area contributed by atoms with Gasteiger partial charge in [-0.2, -0.15) is 0 Å². The van der Waals surface area contributed by atoms with Crippen molar-refractivity contribution in [2.24, 2.45) is 0 Å². The first kappa shape index (κ1) is 18.9. The number of nitrogens with zero attached hydrogens (tertiary/aromatic N) is 2. The highest BCUT2D eigenvalue weighted by atomic mass is 127. The molecule has 2 fully saturated rings. The summed E-state index contributed by atoms with van der Waals surface area (Å²) in [6.07, 6.45) is 2.00. The second-order valence-corrected chi connectivity index (χ2v) is 9.38. The van der Waals surface area contributed by atoms with Crippen LogP contribution in [0.1, 0.15) is 32.3 Å². The number of alkyl halides is 1. The molecule has 0 bridgehead atoms. The van der Waals surface area contributed by atoms with Gasteiger partial charge in [0.15, 0.2) is 0 Å². The molecular formula is C19H28IN3O2. The van der Waals surface area contributed by atoms with Gasteiger partial charge in [-0.15, -0.1) is 0 Å². The number of halogens is 1. The number of carbonyl (C=O) groups excluding carboxylic acids is 1. The molecule has 2 saturated heterocycles. The van der Waals surface area contributed by atoms with Crippen LogP contribution in [0.15, 0.2) is 30.3 Å². The van der Waals surface area contributed by atoms with Crippen molar-refractivity contribution >= 4 is 28.6 Å². The van der Waals surface area contributed by atoms with E-state index in [2.05, 4.69) is 70.9 Å². The lowest BCUT2D eigenvalue weighted by atomic mass is 9.99. The van der Waals surface area contributed by atoms with Gasteiger partial charge in [-0.25, -0.2) is 4.79 Å². The van der Waals surface area contributed by atoms with E-state index in [0.717, 1.165) is 25.9 Å². The lowest BCUT2D eigenvalue weighted by molar-refractivity contribution is 0.0624. The van der Waals surface area contributed by atoms with Crippen molar-refractivity contribution in [1.82, 2.24) is 15.1 Å². The molecule has 2 amide bonds. The highest BCUT2D eigenvalue weighted by Gasteiger charge is 2.55. The summed E-state index contributed by atoms with van der Waals surface area (Å²) >= 11 is 2.50. The molecule has 25 heavy (non-hydrogen) atoms. The minimum absolute atomic E-state index is 0.132. The highest BCUT2D eigenvalue weighted by molar-refractivity contribution is 14.1. The quantitative estimate of drug-likeness (QED) is 0.420. The number of benzene rings is 1. The molecule has 138 valence electrons. The molecule has 1 unspecified atom stereocenters. The van der Waals surface area contributed by atoms with Crippen LogP contribution in [0.3, 0.4) is 0 Å². The molecular weight excluding hydrogens is 429 g/mol. The van der Waals surface area contributed by atoms with Crippen LogP contribution in [0.25, 0.3) is 0 Å². The Morgan fingerprint density at radius 3 is 2.52 bits per heavy atom. The highest BCUT2D eigenvalue weighted by Crippen LogP contribution is 2.46. The van der Waals surface area contributed by atoms with E-state index in [1.54, 1.807) is 7.11 Å². The van der Waals surface area contributed by atoms with E-state index in [1.165, 1.54) is 5.56 Å². The standard InChI is InChI=1S/C19H28IN3O2/c1-18(2,14-25-3)22-13-19(20,15-7-5-4-6-8-15)23(17(22)24)16-9-11-21-12-10-16/h4-8,16,21H,9-14H2,1-3H3. The molecule has 0 radical (unpaired) electrons. The van der Waals surface area contributed by atoms with Crippen molar-refractivity contribution in [3.8, 4) is 0 Å². The fraction of sp³-hybridized carbons (Fsp3) is 0.632. The van der Waals surface area contributed by atoms with Gasteiger partial charge < -0.3 is 19.9 Å². The Hall–Kier alpha value is -0.860. The van der Waals surface area contributed by atoms with Gasteiger partial charge in [0.05, 0.1) is 18.7 Å². The molecule has 2 heterocycles. The largest absolute Gasteiger partial charge is 0.382 e. The minimum Gasteiger partial charge on any atom is -0.382 e. The Balaban J connectivity index is 2.00. The second-order valence-electron chi connectivity index (χ2n) is 7.59. The van der Waals surface area contributed by atoms with E-state index >= 15 is 0 Å². The molecule has 1 aromatic carbocycles. The van der Waals surface area contributed by atoms with Crippen LogP contribution in [0.2, 0.25) is 0 Å². The molecule has 6 heteroatoms. The summed E-state index contributed by atoms with van der Waals surface area (Å²) in [6.45, 7) is 7.32. The van der Waals surface area contributed by atoms with E-state index < -0.39 is 0 Å². The number of methoxy groups -OCH3 is 1. The van der Waals surface area contributed by atoms with Gasteiger partial charge in [0, 0.05) is 13.2 Å². The van der Waals surface area contributed by atoms with Crippen molar-refractivity contribution in [3.63, 3.8) is 0 Å². The SMILES string of the molecule is COCC(C)(C)N1CC(I)(c2ccccc2)N(C2CCNCC2)C1=O. The topological polar surface area (TPSA) is 44.8 Å². The molecule has 3 rings (SSSR count). The number of carbonyl (C=O) groups is 1. The fourth-order valence-corrected chi connectivity index (χ4v) is 5.27. The Bertz CT molecular complexity index is 604. The number of piperidine rings is 1. The van der Waals surface area contributed by atoms with Crippen LogP contribution in [-0.4, -0.2) is 60.8 Å². The number of ether oxygens (including phenoxy) is 1. The average molecular weight is 457 g/mol. The zero-order chi connectivity index (χ0) is 18.1. The van der Waals surface area contributed by atoms with E-state index in [4.69, 9.17) is 4.74 Å². The third-order valence-corrected chi connectivity index (χ3v) is 6.79. The lowest BCUT2D eigenvalue weighted by Gasteiger charge is -2.40. The van der Waals surface area contributed by atoms with Gasteiger partial charge in [0.25, 0.3) is 0 Å². The third kappa shape index (κ3) is 3.53. The maximum Gasteiger partial charge on any atom is 0.322 e. The predicted molar refractivity (Wildman–Crippen MR) is 108 cm³/mol. The summed E-state index contributed by atoms with van der Waals surface area (Å²) in [4.78, 5) is 17.6. The maximum absolute atomic E-state index is 13.5. The van der Waals surface area contributed by atoms with E-state index in [0.29, 0.717) is 13.2 Å². The van der Waals surface area contributed by atoms with Crippen LogP contribution in [0.4, 0.5) is 4.79 Å². The van der Waals surface area contributed by atoms with Crippen LogP contribution in [0.5, 0.6) is 0 Å². The van der Waals surface area contributed by atoms with E-state index in [1.807, 2.05) is 11.0 Å². The number of hydrogen-bond donors (Lipinski definition) is 1. The van der Waals surface area contributed by atoms with Gasteiger partial charge in [0.1, 0.15) is 3.55 Å². The first-order chi connectivity index (χ1) is 11.9. The van der Waals surface area contributed by atoms with Gasteiger partial charge in [-0.3, -0.25) is 0 Å². The zero-order valence-corrected chi connectivity index (χ0v) is 17.5. The second kappa shape index (κ2) is 7.40. The molecule has 0 aliphatic carbocycles. The van der Waals surface area contributed by atoms with Crippen molar-refractivity contribution < 1.29 is 9.53 Å². The van der Waals surface area contributed by atoms with Gasteiger partial charge in [-0.1, -0.05) is 30.3 Å². The number of rotatable bonds is 5. The molecule has 2 aliphatic heterocycles. The van der Waals surface area contributed by atoms with Crippen LogP contribution < -0.4 is 5.32 Å². The molecule has 1 atom stereocenters. The first-order valence-electron chi connectivity index (χ1n) is 8.95. The first-order valence-corrected chi connectivity index (χ1v) is 10.0. The van der Waals surface area contributed by atoms with Gasteiger partial charge in [0.2, 0.25) is 0 Å². The van der Waals surface area contributed by atoms with Crippen molar-refractivity contribution in [2.45, 2.75) is 41.8 Å². The Morgan fingerprint density at radius 1 is 1.28 bits per heavy atom. The average Bonchev–Trinajstić information content (AvgIpc) is 2.89. The summed E-state index contributed by atoms with van der Waals surface area (Å²) in [5.41, 5.74) is 0.858. The molecule has 0 spiro atoms. The summed E-state index contributed by atoms with van der Waals surface area (Å²) in [7, 11) is 1.70. The summed E-state index contributed by atoms with van der Waals surface area (Å²) in [5, 5.41) is 3.41. The minimum atomic E-state index is -0.344. The normalized spacial score (nSPS) is 25.7. The molecule has 1 aromatic rings. The third-order valence-electron chi connectivity index (χ3n) is 5.30. The monoisotopic (exact) mass is 457 g/mol. The number of hydrogen-bond acceptors (Lipinski definition) is 3. The van der Waals surface area contributed by atoms with Gasteiger partial charge in [-0.05, 0) is 67.9 Å². The zero-order valence-electron chi connectivity index (χ0n) is 15.3. The van der Waals surface area contributed by atoms with Gasteiger partial charge >= 0.3 is 6.03 Å². The smallest absolute Gasteiger partial charge is 0.322 e. The van der Waals surface area contributed by atoms with Crippen LogP contribution in [0, 0.1) is 0 Å². The van der Waals surface area contributed by atoms with Crippen molar-refractivity contribution in [1.29, 1.82) is 0 Å². The Labute approximate surface area is 164 Å². The molecule has 2 aliphatic rings. The molecule has 1 N–H and O–H groups in total. The maximum atomic E-state index is 13.5. The Morgan fingerprint density at radius 2 is 1.92 bits per heavy atom. The van der Waals surface area contributed by atoms with E-state index in [-0.39, 0.29) is 21.2 Å². The summed E-state index contributed by atoms with van der Waals surface area (Å²) < 4.78 is 5.05. The molecule has 0 saturated carbocycles. The molecule has 0 aromatic heterocycles.